The second-order valence-corrected chi connectivity index (χ2v) is 21.6. The van der Waals surface area contributed by atoms with Crippen molar-refractivity contribution in [3.8, 4) is 149 Å². The van der Waals surface area contributed by atoms with Crippen LogP contribution in [0.5, 0.6) is 92.0 Å². The molecule has 0 amide bonds. The predicted octanol–water partition coefficient (Wildman–Crippen LogP) is 16.4. The zero-order valence-electron chi connectivity index (χ0n) is 60.9. The summed E-state index contributed by atoms with van der Waals surface area (Å²) in [6.45, 7) is 27.1. The van der Waals surface area contributed by atoms with Crippen LogP contribution in [0.1, 0.15) is 54.1 Å². The molecule has 8 aromatic carbocycles. The summed E-state index contributed by atoms with van der Waals surface area (Å²) >= 11 is 0. The molecular weight excluding hydrogens is 1330 g/mol. The van der Waals surface area contributed by atoms with Crippen LogP contribution in [0.25, 0.3) is 56.7 Å². The summed E-state index contributed by atoms with van der Waals surface area (Å²) in [6.07, 6.45) is 9.85. The van der Waals surface area contributed by atoms with E-state index in [9.17, 15) is 19.8 Å². The molecule has 8 aromatic rings. The summed E-state index contributed by atoms with van der Waals surface area (Å²) in [5.41, 5.74) is 9.42. The molecule has 0 heterocycles. The smallest absolute Gasteiger partial charge is 0.338 e. The number of benzene rings is 8. The zero-order chi connectivity index (χ0) is 76.7. The molecule has 22 nitrogen and oxygen atoms in total. The second-order valence-electron chi connectivity index (χ2n) is 21.6. The highest BCUT2D eigenvalue weighted by atomic mass is 16.6. The molecule has 0 radical (unpaired) electrons. The van der Waals surface area contributed by atoms with Gasteiger partial charge < -0.3 is 86.0 Å². The highest BCUT2D eigenvalue weighted by Crippen LogP contribution is 2.51. The van der Waals surface area contributed by atoms with E-state index >= 15 is 0 Å². The molecular formula is C82H86N2O20. The number of phenols is 2. The van der Waals surface area contributed by atoms with Gasteiger partial charge in [-0.3, -0.25) is 0 Å². The third-order valence-corrected chi connectivity index (χ3v) is 15.1. The predicted molar refractivity (Wildman–Crippen MR) is 401 cm³/mol. The third kappa shape index (κ3) is 19.7. The van der Waals surface area contributed by atoms with Crippen LogP contribution in [0.3, 0.4) is 0 Å². The van der Waals surface area contributed by atoms with Gasteiger partial charge >= 0.3 is 11.9 Å². The maximum absolute atomic E-state index is 12.5. The second kappa shape index (κ2) is 40.2. The summed E-state index contributed by atoms with van der Waals surface area (Å²) in [7, 11) is 18.2. The molecule has 0 atom stereocenters. The first-order valence-electron chi connectivity index (χ1n) is 31.5. The summed E-state index contributed by atoms with van der Waals surface area (Å²) < 4.78 is 87.4. The van der Waals surface area contributed by atoms with E-state index in [1.165, 1.54) is 91.2 Å². The van der Waals surface area contributed by atoms with E-state index in [0.29, 0.717) is 81.8 Å². The average molecular weight is 1420 g/mol. The number of hydrogen-bond donors (Lipinski definition) is 2. The lowest BCUT2D eigenvalue weighted by molar-refractivity contribution is 0.0540. The van der Waals surface area contributed by atoms with E-state index in [4.69, 9.17) is 86.3 Å². The molecule has 0 aliphatic rings. The van der Waals surface area contributed by atoms with Crippen molar-refractivity contribution in [2.75, 3.05) is 112 Å². The molecule has 0 bridgehead atoms. The molecule has 0 aliphatic heterocycles. The van der Waals surface area contributed by atoms with Gasteiger partial charge in [-0.05, 0) is 121 Å². The van der Waals surface area contributed by atoms with Crippen LogP contribution in [-0.4, -0.2) is 134 Å². The maximum Gasteiger partial charge on any atom is 0.338 e. The Bertz CT molecular complexity index is 4240. The Kier molecular flexibility index (Phi) is 31.6. The Hall–Kier alpha value is -13.1. The Morgan fingerprint density at radius 3 is 0.885 bits per heavy atom. The van der Waals surface area contributed by atoms with Crippen LogP contribution in [-0.2, 0) is 9.47 Å². The Labute approximate surface area is 607 Å². The van der Waals surface area contributed by atoms with Gasteiger partial charge in [0.15, 0.2) is 92.0 Å². The van der Waals surface area contributed by atoms with Gasteiger partial charge in [0.2, 0.25) is 0 Å². The molecule has 0 saturated heterocycles. The SMILES string of the molecule is C=CCOC(=O)c1cc(OC)c(OC)c(-c2cc(C(=O)OCC=C)cc(OC)c2OC)c1.C=CCOc1c(OC)cc(C)cc1-c1cc(C)cc(OC)c1OCC=C.C=Cc1cc(OC)c(OC)c(-c2cc(C=C)cc(OC)c2OC)c1.COc1cc(C#N)cc(-c2cc(C#N)cc(OC)c2O)c1O. The summed E-state index contributed by atoms with van der Waals surface area (Å²) in [5, 5.41) is 38.6. The Morgan fingerprint density at radius 2 is 0.615 bits per heavy atom. The number of aromatic hydroxyl groups is 2. The van der Waals surface area contributed by atoms with Crippen molar-refractivity contribution >= 4 is 24.1 Å². The molecule has 0 fully saturated rings. The minimum Gasteiger partial charge on any atom is -0.504 e. The lowest BCUT2D eigenvalue weighted by atomic mass is 9.97. The summed E-state index contributed by atoms with van der Waals surface area (Å²) in [4.78, 5) is 25.0. The number of phenolic OH excluding ortho intramolecular Hbond substituents is 2. The third-order valence-electron chi connectivity index (χ3n) is 15.1. The number of rotatable bonds is 30. The van der Waals surface area contributed by atoms with Crippen molar-refractivity contribution in [1.29, 1.82) is 10.5 Å². The molecule has 0 aromatic heterocycles. The van der Waals surface area contributed by atoms with Crippen molar-refractivity contribution in [2.24, 2.45) is 0 Å². The van der Waals surface area contributed by atoms with E-state index in [1.54, 1.807) is 79.1 Å². The van der Waals surface area contributed by atoms with E-state index in [0.717, 1.165) is 44.5 Å². The van der Waals surface area contributed by atoms with Gasteiger partial charge in [0.25, 0.3) is 0 Å². The van der Waals surface area contributed by atoms with Crippen molar-refractivity contribution in [3.63, 3.8) is 0 Å². The van der Waals surface area contributed by atoms with Crippen LogP contribution in [0.15, 0.2) is 161 Å². The van der Waals surface area contributed by atoms with E-state index in [-0.39, 0.29) is 81.1 Å². The summed E-state index contributed by atoms with van der Waals surface area (Å²) in [5.74, 6) is 4.85. The van der Waals surface area contributed by atoms with E-state index < -0.39 is 11.9 Å². The first kappa shape index (κ1) is 81.6. The van der Waals surface area contributed by atoms with E-state index in [1.807, 2.05) is 62.4 Å². The number of methoxy groups -OCH3 is 12. The fourth-order valence-corrected chi connectivity index (χ4v) is 10.4. The zero-order valence-corrected chi connectivity index (χ0v) is 60.9. The first-order chi connectivity index (χ1) is 50.2. The Balaban J connectivity index is 0.000000252. The number of ether oxygens (including phenoxy) is 16. The number of nitriles is 2. The Morgan fingerprint density at radius 1 is 0.337 bits per heavy atom. The van der Waals surface area contributed by atoms with Crippen molar-refractivity contribution in [1.82, 2.24) is 0 Å². The monoisotopic (exact) mass is 1420 g/mol. The average Bonchev–Trinajstić information content (AvgIpc) is 0.795. The molecule has 104 heavy (non-hydrogen) atoms. The largest absolute Gasteiger partial charge is 0.504 e. The minimum absolute atomic E-state index is 0.0459. The summed E-state index contributed by atoms with van der Waals surface area (Å²) in [6, 6.07) is 31.2. The first-order valence-corrected chi connectivity index (χ1v) is 31.5. The number of carbonyl (C=O) groups excluding carboxylic acids is 2. The van der Waals surface area contributed by atoms with Gasteiger partial charge in [-0.2, -0.15) is 10.5 Å². The van der Waals surface area contributed by atoms with Crippen molar-refractivity contribution < 1.29 is 95.6 Å². The number of nitrogens with zero attached hydrogens (tertiary/aromatic N) is 2. The molecule has 544 valence electrons. The maximum atomic E-state index is 12.5. The van der Waals surface area contributed by atoms with Crippen LogP contribution in [0.4, 0.5) is 0 Å². The van der Waals surface area contributed by atoms with Gasteiger partial charge in [0.05, 0.1) is 120 Å². The van der Waals surface area contributed by atoms with Crippen LogP contribution in [0, 0.1) is 36.5 Å². The van der Waals surface area contributed by atoms with Crippen LogP contribution in [0.2, 0.25) is 0 Å². The topological polar surface area (TPSA) is 270 Å². The van der Waals surface area contributed by atoms with Gasteiger partial charge in [0.1, 0.15) is 26.4 Å². The van der Waals surface area contributed by atoms with Gasteiger partial charge in [-0.1, -0.05) is 75.9 Å². The standard InChI is InChI=1S/C24H26O8.C22H26O4.C20H22O4.C16H12N2O4/c1-7-9-31-23(25)15-11-17(21(29-5)19(13-15)27-3)18-12-16(24(26)32-10-8-2)14-20(28-4)22(18)30-6;1-7-9-25-21-17(11-15(3)13-19(21)23-5)18-12-16(4)14-20(24-6)22(18)26-10-8-2;1-7-13-9-15(19(23-5)17(11-13)21-3)16-10-14(8-2)12-18(22-4)20(16)24-6;1-21-13-5-9(7-17)3-11(15(13)19)12-4-10(8-18)6-14(22-2)16(12)20/h7-8,11-14H,1-2,9-10H2,3-6H3;7-8,11-14H,1-2,9-10H2,3-6H3;7-12H,1-2H2,3-6H3;3-6,19-20H,1-2H3. The van der Waals surface area contributed by atoms with Gasteiger partial charge in [0, 0.05) is 56.6 Å². The fraction of sp³-hybridized carbons (Fsp3) is 0.220. The highest BCUT2D eigenvalue weighted by molar-refractivity contribution is 5.97. The number of hydrogen-bond acceptors (Lipinski definition) is 22. The number of esters is 2. The molecule has 0 spiro atoms. The van der Waals surface area contributed by atoms with Crippen molar-refractivity contribution in [2.45, 2.75) is 13.8 Å². The quantitative estimate of drug-likeness (QED) is 0.0313. The molecule has 22 heteroatoms. The molecule has 0 saturated carbocycles. The minimum atomic E-state index is -0.584. The van der Waals surface area contributed by atoms with Crippen molar-refractivity contribution in [3.05, 3.63) is 205 Å². The molecule has 0 unspecified atom stereocenters. The number of carbonyl (C=O) groups is 2. The molecule has 8 rings (SSSR count). The fourth-order valence-electron chi connectivity index (χ4n) is 10.4. The molecule has 0 aliphatic carbocycles. The lowest BCUT2D eigenvalue weighted by Crippen LogP contribution is -2.08. The van der Waals surface area contributed by atoms with E-state index in [2.05, 4.69) is 51.6 Å². The highest BCUT2D eigenvalue weighted by Gasteiger charge is 2.27. The van der Waals surface area contributed by atoms with Gasteiger partial charge in [-0.15, -0.1) is 0 Å². The lowest BCUT2D eigenvalue weighted by Gasteiger charge is -2.20. The number of aryl methyl sites for hydroxylation is 2. The van der Waals surface area contributed by atoms with Gasteiger partial charge in [-0.25, -0.2) is 9.59 Å². The van der Waals surface area contributed by atoms with Crippen LogP contribution < -0.4 is 66.3 Å². The molecule has 2 N–H and O–H groups in total. The normalized spacial score (nSPS) is 9.96. The van der Waals surface area contributed by atoms with Crippen LogP contribution >= 0.6 is 0 Å².